The largest absolute Gasteiger partial charge is 0.481 e. The molecule has 1 unspecified atom stereocenters. The van der Waals surface area contributed by atoms with Gasteiger partial charge in [0, 0.05) is 12.0 Å². The smallest absolute Gasteiger partial charge is 0.416 e. The predicted molar refractivity (Wildman–Crippen MR) is 72.1 cm³/mol. The number of halogens is 4. The van der Waals surface area contributed by atoms with Crippen molar-refractivity contribution in [1.29, 1.82) is 0 Å². The average molecular weight is 333 g/mol. The number of hydrogen-bond donors (Lipinski definition) is 2. The molecule has 0 saturated heterocycles. The summed E-state index contributed by atoms with van der Waals surface area (Å²) in [4.78, 5) is 22.4. The van der Waals surface area contributed by atoms with Crippen molar-refractivity contribution in [2.24, 2.45) is 5.92 Å². The van der Waals surface area contributed by atoms with Gasteiger partial charge in [-0.05, 0) is 43.5 Å². The van der Waals surface area contributed by atoms with E-state index in [2.05, 4.69) is 5.32 Å². The van der Waals surface area contributed by atoms with E-state index in [0.717, 1.165) is 12.1 Å². The third kappa shape index (κ3) is 3.80. The lowest BCUT2D eigenvalue weighted by molar-refractivity contribution is -0.146. The lowest BCUT2D eigenvalue weighted by Gasteiger charge is -2.19. The van der Waals surface area contributed by atoms with Crippen LogP contribution < -0.4 is 5.32 Å². The Balaban J connectivity index is 2.17. The molecule has 23 heavy (non-hydrogen) atoms. The number of hydrogen-bond acceptors (Lipinski definition) is 2. The molecule has 1 amide bonds. The zero-order valence-electron chi connectivity index (χ0n) is 12.2. The fraction of sp³-hybridized carbons (Fsp3) is 0.467. The first-order chi connectivity index (χ1) is 10.5. The number of benzene rings is 1. The molecule has 1 aromatic carbocycles. The fourth-order valence-corrected chi connectivity index (χ4v) is 2.30. The van der Waals surface area contributed by atoms with Crippen LogP contribution >= 0.6 is 0 Å². The summed E-state index contributed by atoms with van der Waals surface area (Å²) >= 11 is 0. The summed E-state index contributed by atoms with van der Waals surface area (Å²) in [6, 6.07) is 2.32. The first kappa shape index (κ1) is 17.2. The topological polar surface area (TPSA) is 66.4 Å². The molecule has 0 heterocycles. The van der Waals surface area contributed by atoms with E-state index < -0.39 is 40.8 Å². The molecule has 8 heteroatoms. The van der Waals surface area contributed by atoms with Gasteiger partial charge in [0.1, 0.15) is 11.7 Å². The number of nitrogens with one attached hydrogen (secondary N) is 1. The van der Waals surface area contributed by atoms with Crippen molar-refractivity contribution < 1.29 is 32.3 Å². The highest BCUT2D eigenvalue weighted by molar-refractivity contribution is 5.96. The Morgan fingerprint density at radius 2 is 1.91 bits per heavy atom. The normalized spacial score (nSPS) is 17.4. The molecule has 0 aliphatic heterocycles. The molecule has 1 aromatic rings. The second-order valence-corrected chi connectivity index (χ2v) is 5.78. The third-order valence-corrected chi connectivity index (χ3v) is 4.06. The summed E-state index contributed by atoms with van der Waals surface area (Å²) in [5.74, 6) is -4.27. The maximum atomic E-state index is 13.5. The number of carbonyl (C=O) groups is 2. The molecule has 4 nitrogen and oxygen atoms in total. The van der Waals surface area contributed by atoms with Crippen LogP contribution in [0.3, 0.4) is 0 Å². The van der Waals surface area contributed by atoms with Gasteiger partial charge < -0.3 is 10.4 Å². The van der Waals surface area contributed by atoms with E-state index in [4.69, 9.17) is 5.11 Å². The highest BCUT2D eigenvalue weighted by atomic mass is 19.4. The number of carbonyl (C=O) groups excluding carboxylic acids is 1. The van der Waals surface area contributed by atoms with E-state index in [9.17, 15) is 27.2 Å². The summed E-state index contributed by atoms with van der Waals surface area (Å²) in [5.41, 5.74) is -1.69. The molecule has 1 saturated carbocycles. The van der Waals surface area contributed by atoms with Crippen LogP contribution in [-0.2, 0) is 21.2 Å². The standard InChI is InChI=1S/C15H15F4NO3/c1-8(13(22)23)12(21)20-7-14(2-3-14)9-4-10(15(17,18)19)6-11(16)5-9/h4-6,8H,2-3,7H2,1H3,(H,20,21)(H,22,23). The van der Waals surface area contributed by atoms with E-state index in [0.29, 0.717) is 18.9 Å². The lowest BCUT2D eigenvalue weighted by Crippen LogP contribution is -2.38. The molecule has 1 aliphatic rings. The Bertz CT molecular complexity index is 638. The van der Waals surface area contributed by atoms with Crippen LogP contribution in [0.5, 0.6) is 0 Å². The van der Waals surface area contributed by atoms with Gasteiger partial charge in [-0.25, -0.2) is 4.39 Å². The molecule has 126 valence electrons. The Labute approximate surface area is 129 Å². The van der Waals surface area contributed by atoms with E-state index in [-0.39, 0.29) is 12.1 Å². The quantitative estimate of drug-likeness (QED) is 0.643. The Kier molecular flexibility index (Phi) is 4.37. The molecule has 0 radical (unpaired) electrons. The Hall–Kier alpha value is -2.12. The number of alkyl halides is 3. The van der Waals surface area contributed by atoms with E-state index >= 15 is 0 Å². The second kappa shape index (κ2) is 5.82. The molecule has 0 aromatic heterocycles. The minimum atomic E-state index is -4.66. The number of amides is 1. The van der Waals surface area contributed by atoms with Crippen molar-refractivity contribution in [2.75, 3.05) is 6.54 Å². The van der Waals surface area contributed by atoms with Crippen LogP contribution in [0.25, 0.3) is 0 Å². The van der Waals surface area contributed by atoms with Crippen molar-refractivity contribution in [3.05, 3.63) is 35.1 Å². The van der Waals surface area contributed by atoms with Crippen LogP contribution in [-0.4, -0.2) is 23.5 Å². The van der Waals surface area contributed by atoms with Crippen LogP contribution in [0, 0.1) is 11.7 Å². The highest BCUT2D eigenvalue weighted by Crippen LogP contribution is 2.49. The van der Waals surface area contributed by atoms with Gasteiger partial charge in [0.25, 0.3) is 0 Å². The molecule has 1 aliphatic carbocycles. The summed E-state index contributed by atoms with van der Waals surface area (Å²) in [6.07, 6.45) is -3.67. The van der Waals surface area contributed by atoms with Gasteiger partial charge in [-0.2, -0.15) is 13.2 Å². The van der Waals surface area contributed by atoms with Gasteiger partial charge in [-0.15, -0.1) is 0 Å². The van der Waals surface area contributed by atoms with Crippen molar-refractivity contribution >= 4 is 11.9 Å². The minimum absolute atomic E-state index is 0.0236. The molecular formula is C15H15F4NO3. The highest BCUT2D eigenvalue weighted by Gasteiger charge is 2.46. The number of carboxylic acids is 1. The number of carboxylic acid groups (broad SMARTS) is 1. The molecule has 2 N–H and O–H groups in total. The molecule has 0 bridgehead atoms. The molecular weight excluding hydrogens is 318 g/mol. The fourth-order valence-electron chi connectivity index (χ4n) is 2.30. The van der Waals surface area contributed by atoms with Crippen LogP contribution in [0.1, 0.15) is 30.9 Å². The van der Waals surface area contributed by atoms with E-state index in [1.807, 2.05) is 0 Å². The lowest BCUT2D eigenvalue weighted by atomic mass is 9.93. The second-order valence-electron chi connectivity index (χ2n) is 5.78. The van der Waals surface area contributed by atoms with Gasteiger partial charge in [-0.3, -0.25) is 9.59 Å². The van der Waals surface area contributed by atoms with Crippen molar-refractivity contribution in [3.63, 3.8) is 0 Å². The van der Waals surface area contributed by atoms with Crippen molar-refractivity contribution in [3.8, 4) is 0 Å². The van der Waals surface area contributed by atoms with Gasteiger partial charge in [0.05, 0.1) is 5.56 Å². The van der Waals surface area contributed by atoms with Crippen LogP contribution in [0.2, 0.25) is 0 Å². The van der Waals surface area contributed by atoms with Gasteiger partial charge in [0.2, 0.25) is 5.91 Å². The first-order valence-corrected chi connectivity index (χ1v) is 6.94. The monoisotopic (exact) mass is 333 g/mol. The van der Waals surface area contributed by atoms with Gasteiger partial charge in [-0.1, -0.05) is 0 Å². The Morgan fingerprint density at radius 3 is 2.39 bits per heavy atom. The summed E-state index contributed by atoms with van der Waals surface area (Å²) < 4.78 is 51.8. The van der Waals surface area contributed by atoms with E-state index in [1.54, 1.807) is 0 Å². The Morgan fingerprint density at radius 1 is 1.30 bits per heavy atom. The predicted octanol–water partition coefficient (Wildman–Crippen LogP) is 2.71. The van der Waals surface area contributed by atoms with E-state index in [1.165, 1.54) is 6.92 Å². The average Bonchev–Trinajstić information content (AvgIpc) is 3.23. The van der Waals surface area contributed by atoms with Crippen LogP contribution in [0.4, 0.5) is 17.6 Å². The SMILES string of the molecule is CC(C(=O)O)C(=O)NCC1(c2cc(F)cc(C(F)(F)F)c2)CC1. The summed E-state index contributed by atoms with van der Waals surface area (Å²) in [5, 5.41) is 11.2. The number of aliphatic carboxylic acids is 1. The van der Waals surface area contributed by atoms with Gasteiger partial charge in [0.15, 0.2) is 0 Å². The molecule has 1 atom stereocenters. The zero-order valence-corrected chi connectivity index (χ0v) is 12.2. The molecule has 0 spiro atoms. The first-order valence-electron chi connectivity index (χ1n) is 6.94. The van der Waals surface area contributed by atoms with Crippen molar-refractivity contribution in [2.45, 2.75) is 31.4 Å². The molecule has 2 rings (SSSR count). The maximum absolute atomic E-state index is 13.5. The van der Waals surface area contributed by atoms with Crippen molar-refractivity contribution in [1.82, 2.24) is 5.32 Å². The molecule has 1 fully saturated rings. The third-order valence-electron chi connectivity index (χ3n) is 4.06. The summed E-state index contributed by atoms with van der Waals surface area (Å²) in [6.45, 7) is 1.19. The number of rotatable bonds is 5. The zero-order chi connectivity index (χ0) is 17.4. The minimum Gasteiger partial charge on any atom is -0.481 e. The van der Waals surface area contributed by atoms with Crippen LogP contribution in [0.15, 0.2) is 18.2 Å². The summed E-state index contributed by atoms with van der Waals surface area (Å²) in [7, 11) is 0. The maximum Gasteiger partial charge on any atom is 0.416 e. The van der Waals surface area contributed by atoms with Gasteiger partial charge >= 0.3 is 12.1 Å².